The van der Waals surface area contributed by atoms with Gasteiger partial charge in [-0.3, -0.25) is 0 Å². The molecule has 0 fully saturated rings. The van der Waals surface area contributed by atoms with Crippen LogP contribution in [0.3, 0.4) is 0 Å². The smallest absolute Gasteiger partial charge is 0.0966 e. The maximum Gasteiger partial charge on any atom is 0.0966 e. The van der Waals surface area contributed by atoms with Gasteiger partial charge in [0.15, 0.2) is 0 Å². The van der Waals surface area contributed by atoms with Gasteiger partial charge in [-0.2, -0.15) is 0 Å². The van der Waals surface area contributed by atoms with Crippen LogP contribution in [-0.2, 0) is 22.3 Å². The first-order valence-electron chi connectivity index (χ1n) is 16.7. The van der Waals surface area contributed by atoms with Gasteiger partial charge >= 0.3 is 0 Å². The van der Waals surface area contributed by atoms with E-state index in [-0.39, 0.29) is 22.7 Å². The molecule has 249 valence electrons. The monoisotopic (exact) mass is 678 g/mol. The Bertz CT molecular complexity index is 1860. The molecule has 4 nitrogen and oxygen atoms in total. The Balaban J connectivity index is 0.00000520. The van der Waals surface area contributed by atoms with Crippen molar-refractivity contribution >= 4 is 22.8 Å². The van der Waals surface area contributed by atoms with Crippen molar-refractivity contribution in [3.05, 3.63) is 166 Å². The van der Waals surface area contributed by atoms with E-state index in [0.717, 1.165) is 56.4 Å². The first kappa shape index (κ1) is 36.7. The van der Waals surface area contributed by atoms with Gasteiger partial charge in [-0.25, -0.2) is 15.0 Å². The molecule has 0 unspecified atom stereocenters. The SMILES string of the molecule is CC(C)c1cccc(C(C)C)c1N=C(c1ccccc1)c1cccc(C(=Nc2c(C(C)C)cccc2C(C)(C)[NH-])c2ccccc2)n1.[Co]. The van der Waals surface area contributed by atoms with Crippen molar-refractivity contribution in [3.63, 3.8) is 0 Å². The number of aliphatic imine (C=N–C) groups is 2. The second-order valence-corrected chi connectivity index (χ2v) is 13.7. The third kappa shape index (κ3) is 8.27. The van der Waals surface area contributed by atoms with E-state index in [9.17, 15) is 0 Å². The minimum absolute atomic E-state index is 0. The van der Waals surface area contributed by atoms with Crippen LogP contribution in [0.2, 0.25) is 0 Å². The average Bonchev–Trinajstić information content (AvgIpc) is 3.06. The molecule has 0 aliphatic rings. The van der Waals surface area contributed by atoms with Crippen LogP contribution in [0.5, 0.6) is 0 Å². The largest absolute Gasteiger partial charge is 0.668 e. The number of pyridine rings is 1. The van der Waals surface area contributed by atoms with Crippen LogP contribution in [-0.4, -0.2) is 16.4 Å². The molecule has 1 radical (unpaired) electrons. The Morgan fingerprint density at radius 2 is 0.896 bits per heavy atom. The second-order valence-electron chi connectivity index (χ2n) is 13.7. The number of para-hydroxylation sites is 2. The van der Waals surface area contributed by atoms with Gasteiger partial charge < -0.3 is 5.73 Å². The van der Waals surface area contributed by atoms with E-state index >= 15 is 0 Å². The van der Waals surface area contributed by atoms with E-state index < -0.39 is 5.54 Å². The van der Waals surface area contributed by atoms with Gasteiger partial charge in [0.2, 0.25) is 0 Å². The zero-order chi connectivity index (χ0) is 33.7. The fourth-order valence-electron chi connectivity index (χ4n) is 5.95. The summed E-state index contributed by atoms with van der Waals surface area (Å²) < 4.78 is 0. The number of aromatic nitrogens is 1. The van der Waals surface area contributed by atoms with Crippen LogP contribution >= 0.6 is 0 Å². The van der Waals surface area contributed by atoms with E-state index in [1.807, 2.05) is 62.4 Å². The summed E-state index contributed by atoms with van der Waals surface area (Å²) in [5.41, 5.74) is 19.6. The van der Waals surface area contributed by atoms with Crippen LogP contribution in [0.4, 0.5) is 11.4 Å². The second kappa shape index (κ2) is 15.8. The molecule has 0 saturated carbocycles. The zero-order valence-corrected chi connectivity index (χ0v) is 30.4. The van der Waals surface area contributed by atoms with E-state index in [0.29, 0.717) is 11.8 Å². The van der Waals surface area contributed by atoms with Crippen LogP contribution in [0.1, 0.15) is 118 Å². The van der Waals surface area contributed by atoms with Crippen LogP contribution in [0.25, 0.3) is 5.73 Å². The number of nitrogens with zero attached hydrogens (tertiary/aromatic N) is 3. The van der Waals surface area contributed by atoms with E-state index in [1.165, 1.54) is 11.1 Å². The number of benzene rings is 4. The Morgan fingerprint density at radius 3 is 1.31 bits per heavy atom. The predicted molar refractivity (Wildman–Crippen MR) is 200 cm³/mol. The number of hydrogen-bond acceptors (Lipinski definition) is 3. The van der Waals surface area contributed by atoms with Gasteiger partial charge in [-0.05, 0) is 52.1 Å². The summed E-state index contributed by atoms with van der Waals surface area (Å²) >= 11 is 0. The topological polar surface area (TPSA) is 61.4 Å². The first-order chi connectivity index (χ1) is 22.5. The standard InChI is InChI=1S/C43H47N4.Co/c1-28(2)33-22-15-23-34(29(3)4)41(33)46-39(31-18-11-9-12-19-31)37-26-17-27-38(45-37)40(32-20-13-10-14-21-32)47-42-35(30(5)6)24-16-25-36(42)43(7,8)44;/h9-30,44H,1-8H3;/q-1;. The number of nitrogens with one attached hydrogen (secondary N) is 1. The molecule has 5 rings (SSSR count). The fourth-order valence-corrected chi connectivity index (χ4v) is 5.95. The molecule has 0 aliphatic carbocycles. The van der Waals surface area contributed by atoms with Crippen molar-refractivity contribution in [2.75, 3.05) is 0 Å². The molecule has 5 aromatic rings. The fraction of sp³-hybridized carbons (Fsp3) is 0.279. The Morgan fingerprint density at radius 1 is 0.521 bits per heavy atom. The van der Waals surface area contributed by atoms with E-state index in [1.54, 1.807) is 0 Å². The summed E-state index contributed by atoms with van der Waals surface area (Å²) in [6, 6.07) is 39.5. The molecule has 0 amide bonds. The zero-order valence-electron chi connectivity index (χ0n) is 29.4. The summed E-state index contributed by atoms with van der Waals surface area (Å²) in [4.78, 5) is 16.2. The third-order valence-electron chi connectivity index (χ3n) is 8.48. The molecule has 0 saturated heterocycles. The van der Waals surface area contributed by atoms with E-state index in [4.69, 9.17) is 20.7 Å². The molecule has 4 aromatic carbocycles. The van der Waals surface area contributed by atoms with Crippen LogP contribution < -0.4 is 0 Å². The van der Waals surface area contributed by atoms with Gasteiger partial charge in [-0.1, -0.05) is 159 Å². The van der Waals surface area contributed by atoms with Gasteiger partial charge in [0.1, 0.15) is 0 Å². The van der Waals surface area contributed by atoms with Gasteiger partial charge in [-0.15, -0.1) is 5.54 Å². The molecule has 0 aliphatic heterocycles. The Labute approximate surface area is 297 Å². The Hall–Kier alpha value is -4.16. The Kier molecular flexibility index (Phi) is 12.1. The number of hydrogen-bond donors (Lipinski definition) is 0. The average molecular weight is 679 g/mol. The maximum absolute atomic E-state index is 8.99. The molecule has 0 bridgehead atoms. The molecule has 1 aromatic heterocycles. The van der Waals surface area contributed by atoms with Gasteiger partial charge in [0.25, 0.3) is 0 Å². The van der Waals surface area contributed by atoms with E-state index in [2.05, 4.69) is 108 Å². The minimum Gasteiger partial charge on any atom is -0.668 e. The summed E-state index contributed by atoms with van der Waals surface area (Å²) in [5, 5.41) is 0. The molecular formula is C43H47CoN4-. The maximum atomic E-state index is 8.99. The summed E-state index contributed by atoms with van der Waals surface area (Å²) in [6.45, 7) is 17.1. The normalized spacial score (nSPS) is 12.5. The summed E-state index contributed by atoms with van der Waals surface area (Å²) in [7, 11) is 0. The predicted octanol–water partition coefficient (Wildman–Crippen LogP) is 12.1. The third-order valence-corrected chi connectivity index (χ3v) is 8.48. The minimum atomic E-state index is -0.828. The molecule has 48 heavy (non-hydrogen) atoms. The van der Waals surface area contributed by atoms with Crippen molar-refractivity contribution in [2.24, 2.45) is 9.98 Å². The molecule has 5 heteroatoms. The van der Waals surface area contributed by atoms with Crippen molar-refractivity contribution in [1.82, 2.24) is 4.98 Å². The van der Waals surface area contributed by atoms with Crippen LogP contribution in [0.15, 0.2) is 125 Å². The summed E-state index contributed by atoms with van der Waals surface area (Å²) in [6.07, 6.45) is 0. The van der Waals surface area contributed by atoms with Crippen molar-refractivity contribution in [1.29, 1.82) is 0 Å². The number of rotatable bonds is 10. The molecule has 0 atom stereocenters. The molecule has 1 N–H and O–H groups in total. The quantitative estimate of drug-likeness (QED) is 0.136. The summed E-state index contributed by atoms with van der Waals surface area (Å²) in [5.74, 6) is 0.870. The van der Waals surface area contributed by atoms with Crippen molar-refractivity contribution in [2.45, 2.75) is 78.7 Å². The first-order valence-corrected chi connectivity index (χ1v) is 16.7. The molecular weight excluding hydrogens is 631 g/mol. The van der Waals surface area contributed by atoms with Gasteiger partial charge in [0.05, 0.1) is 34.2 Å². The molecule has 1 heterocycles. The van der Waals surface area contributed by atoms with Gasteiger partial charge in [0, 0.05) is 27.9 Å². The van der Waals surface area contributed by atoms with Crippen molar-refractivity contribution in [3.8, 4) is 0 Å². The van der Waals surface area contributed by atoms with Crippen molar-refractivity contribution < 1.29 is 16.8 Å². The molecule has 0 spiro atoms. The van der Waals surface area contributed by atoms with Crippen LogP contribution in [0, 0.1) is 0 Å².